The zero-order chi connectivity index (χ0) is 23.2. The fourth-order valence-electron chi connectivity index (χ4n) is 3.49. The van der Waals surface area contributed by atoms with Gasteiger partial charge in [0.25, 0.3) is 10.0 Å². The van der Waals surface area contributed by atoms with Crippen LogP contribution in [0.15, 0.2) is 23.4 Å². The highest BCUT2D eigenvalue weighted by molar-refractivity contribution is 7.93. The Labute approximate surface area is 188 Å². The third-order valence-electron chi connectivity index (χ3n) is 5.24. The number of anilines is 2. The summed E-state index contributed by atoms with van der Waals surface area (Å²) in [6.45, 7) is 9.18. The molecule has 0 bridgehead atoms. The third kappa shape index (κ3) is 6.87. The molecule has 6 N–H and O–H groups in total. The van der Waals surface area contributed by atoms with E-state index in [2.05, 4.69) is 39.3 Å². The SMILES string of the molecule is Cc1cc(NCC(CC(C)(C)CCN)[C@@H](C)N)c(C#N)cc1S(=O)(=O)Nc1ncns1. The highest BCUT2D eigenvalue weighted by atomic mass is 32.2. The van der Waals surface area contributed by atoms with Crippen molar-refractivity contribution in [3.05, 3.63) is 29.6 Å². The van der Waals surface area contributed by atoms with E-state index in [-0.39, 0.29) is 33.0 Å². The lowest BCUT2D eigenvalue weighted by Gasteiger charge is -2.32. The number of nitrogens with zero attached hydrogens (tertiary/aromatic N) is 3. The molecule has 2 atom stereocenters. The number of hydrogen-bond acceptors (Lipinski definition) is 9. The van der Waals surface area contributed by atoms with Crippen molar-refractivity contribution in [2.75, 3.05) is 23.1 Å². The lowest BCUT2D eigenvalue weighted by atomic mass is 9.78. The quantitative estimate of drug-likeness (QED) is 0.394. The van der Waals surface area contributed by atoms with E-state index in [0.29, 0.717) is 24.3 Å². The second-order valence-electron chi connectivity index (χ2n) is 8.53. The molecule has 9 nitrogen and oxygen atoms in total. The third-order valence-corrected chi connectivity index (χ3v) is 7.43. The van der Waals surface area contributed by atoms with Gasteiger partial charge >= 0.3 is 0 Å². The van der Waals surface area contributed by atoms with Gasteiger partial charge in [-0.05, 0) is 62.3 Å². The summed E-state index contributed by atoms with van der Waals surface area (Å²) in [5, 5.41) is 13.1. The van der Waals surface area contributed by atoms with E-state index in [9.17, 15) is 13.7 Å². The molecule has 0 amide bonds. The number of benzene rings is 1. The van der Waals surface area contributed by atoms with Crippen LogP contribution >= 0.6 is 11.5 Å². The molecule has 0 radical (unpaired) electrons. The first-order valence-corrected chi connectivity index (χ1v) is 12.3. The fourth-order valence-corrected chi connectivity index (χ4v) is 5.41. The summed E-state index contributed by atoms with van der Waals surface area (Å²) >= 11 is 0.937. The molecule has 0 saturated heterocycles. The maximum Gasteiger partial charge on any atom is 0.264 e. The number of aromatic nitrogens is 2. The number of aryl methyl sites for hydroxylation is 1. The zero-order valence-electron chi connectivity index (χ0n) is 18.3. The van der Waals surface area contributed by atoms with Crippen LogP contribution in [0.5, 0.6) is 0 Å². The summed E-state index contributed by atoms with van der Waals surface area (Å²) in [6, 6.07) is 5.09. The Hall–Kier alpha value is -2.26. The number of nitrogens with one attached hydrogen (secondary N) is 2. The largest absolute Gasteiger partial charge is 0.384 e. The average Bonchev–Trinajstić information content (AvgIpc) is 3.16. The Morgan fingerprint density at radius 3 is 2.61 bits per heavy atom. The van der Waals surface area contributed by atoms with E-state index < -0.39 is 10.0 Å². The highest BCUT2D eigenvalue weighted by Gasteiger charge is 2.26. The first kappa shape index (κ1) is 25.0. The van der Waals surface area contributed by atoms with Crippen molar-refractivity contribution in [1.82, 2.24) is 9.36 Å². The molecule has 1 aromatic carbocycles. The van der Waals surface area contributed by atoms with Gasteiger partial charge in [-0.3, -0.25) is 4.72 Å². The molecule has 170 valence electrons. The van der Waals surface area contributed by atoms with E-state index in [0.717, 1.165) is 24.4 Å². The Morgan fingerprint density at radius 1 is 1.35 bits per heavy atom. The van der Waals surface area contributed by atoms with Gasteiger partial charge in [0.15, 0.2) is 0 Å². The summed E-state index contributed by atoms with van der Waals surface area (Å²) in [7, 11) is -3.89. The van der Waals surface area contributed by atoms with Crippen LogP contribution in [0.1, 0.15) is 44.7 Å². The Balaban J connectivity index is 2.24. The minimum atomic E-state index is -3.89. The van der Waals surface area contributed by atoms with Crippen LogP contribution in [0.25, 0.3) is 0 Å². The van der Waals surface area contributed by atoms with E-state index >= 15 is 0 Å². The molecular weight excluding hydrogens is 434 g/mol. The van der Waals surface area contributed by atoms with Gasteiger partial charge < -0.3 is 16.8 Å². The zero-order valence-corrected chi connectivity index (χ0v) is 20.0. The van der Waals surface area contributed by atoms with Crippen LogP contribution in [0.2, 0.25) is 0 Å². The summed E-state index contributed by atoms with van der Waals surface area (Å²) in [5.41, 5.74) is 13.3. The topological polar surface area (TPSA) is 160 Å². The molecule has 0 saturated carbocycles. The molecule has 2 aromatic rings. The molecule has 0 aliphatic heterocycles. The van der Waals surface area contributed by atoms with Crippen molar-refractivity contribution in [1.29, 1.82) is 5.26 Å². The molecule has 1 unspecified atom stereocenters. The maximum atomic E-state index is 12.7. The van der Waals surface area contributed by atoms with Gasteiger partial charge in [0.05, 0.1) is 16.1 Å². The van der Waals surface area contributed by atoms with Crippen molar-refractivity contribution in [2.45, 2.75) is 51.5 Å². The standard InChI is InChI=1S/C20H31N7O2S2/c1-13-7-17(24-11-16(14(2)23)9-20(3,4)5-6-21)15(10-22)8-18(13)31(28,29)27-19-25-12-26-30-19/h7-8,12,14,16,24H,5-6,9,11,21,23H2,1-4H3,(H,25,26,27)/t14-,16?/m1/s1. The number of rotatable bonds is 11. The Kier molecular flexibility index (Phi) is 8.36. The smallest absolute Gasteiger partial charge is 0.264 e. The van der Waals surface area contributed by atoms with Crippen LogP contribution in [-0.2, 0) is 10.0 Å². The minimum Gasteiger partial charge on any atom is -0.384 e. The number of hydrogen-bond donors (Lipinski definition) is 4. The van der Waals surface area contributed by atoms with E-state index in [1.54, 1.807) is 13.0 Å². The van der Waals surface area contributed by atoms with E-state index in [4.69, 9.17) is 11.5 Å². The van der Waals surface area contributed by atoms with Crippen molar-refractivity contribution in [3.63, 3.8) is 0 Å². The van der Waals surface area contributed by atoms with Gasteiger partial charge in [-0.1, -0.05) is 13.8 Å². The van der Waals surface area contributed by atoms with Gasteiger partial charge in [-0.2, -0.15) is 9.64 Å². The summed E-state index contributed by atoms with van der Waals surface area (Å²) < 4.78 is 31.7. The summed E-state index contributed by atoms with van der Waals surface area (Å²) in [6.07, 6.45) is 3.05. The number of nitrogens with two attached hydrogens (primary N) is 2. The maximum absolute atomic E-state index is 12.7. The molecule has 1 heterocycles. The van der Waals surface area contributed by atoms with Gasteiger partial charge in [0.2, 0.25) is 5.13 Å². The number of nitriles is 1. The molecule has 1 aromatic heterocycles. The minimum absolute atomic E-state index is 0.0256. The number of sulfonamides is 1. The van der Waals surface area contributed by atoms with Crippen molar-refractivity contribution in [3.8, 4) is 6.07 Å². The highest BCUT2D eigenvalue weighted by Crippen LogP contribution is 2.31. The fraction of sp³-hybridized carbons (Fsp3) is 0.550. The predicted octanol–water partition coefficient (Wildman–Crippen LogP) is 2.66. The Morgan fingerprint density at radius 2 is 2.06 bits per heavy atom. The van der Waals surface area contributed by atoms with Gasteiger partial charge in [0.1, 0.15) is 12.4 Å². The second-order valence-corrected chi connectivity index (χ2v) is 11.0. The van der Waals surface area contributed by atoms with Crippen molar-refractivity contribution in [2.24, 2.45) is 22.8 Å². The lowest BCUT2D eigenvalue weighted by Crippen LogP contribution is -2.36. The van der Waals surface area contributed by atoms with Crippen LogP contribution in [-0.4, -0.2) is 36.9 Å². The molecular formula is C20H31N7O2S2. The van der Waals surface area contributed by atoms with Crippen LogP contribution in [0, 0.1) is 29.6 Å². The van der Waals surface area contributed by atoms with Crippen LogP contribution in [0.4, 0.5) is 10.8 Å². The van der Waals surface area contributed by atoms with Gasteiger partial charge in [0, 0.05) is 24.1 Å². The lowest BCUT2D eigenvalue weighted by molar-refractivity contribution is 0.239. The van der Waals surface area contributed by atoms with Crippen LogP contribution < -0.4 is 21.5 Å². The molecule has 0 aliphatic carbocycles. The molecule has 0 fully saturated rings. The van der Waals surface area contributed by atoms with Gasteiger partial charge in [-0.25, -0.2) is 13.4 Å². The predicted molar refractivity (Wildman–Crippen MR) is 124 cm³/mol. The second kappa shape index (κ2) is 10.4. The molecule has 11 heteroatoms. The monoisotopic (exact) mass is 465 g/mol. The first-order chi connectivity index (χ1) is 14.5. The van der Waals surface area contributed by atoms with Crippen molar-refractivity contribution < 1.29 is 8.42 Å². The molecule has 31 heavy (non-hydrogen) atoms. The van der Waals surface area contributed by atoms with Crippen LogP contribution in [0.3, 0.4) is 0 Å². The van der Waals surface area contributed by atoms with Gasteiger partial charge in [-0.15, -0.1) is 0 Å². The van der Waals surface area contributed by atoms with Crippen molar-refractivity contribution >= 4 is 32.4 Å². The van der Waals surface area contributed by atoms with E-state index in [1.165, 1.54) is 12.4 Å². The Bertz CT molecular complexity index is 1010. The summed E-state index contributed by atoms with van der Waals surface area (Å²) in [4.78, 5) is 3.87. The molecule has 0 aliphatic rings. The average molecular weight is 466 g/mol. The first-order valence-electron chi connectivity index (χ1n) is 10.0. The molecule has 2 rings (SSSR count). The summed E-state index contributed by atoms with van der Waals surface area (Å²) in [5.74, 6) is 0.163. The normalized spacial score (nSPS) is 14.0. The molecule has 0 spiro atoms. The van der Waals surface area contributed by atoms with E-state index in [1.807, 2.05) is 6.92 Å².